The molecule has 0 atom stereocenters. The van der Waals surface area contributed by atoms with Gasteiger partial charge in [-0.2, -0.15) is 5.10 Å². The number of aromatic nitrogens is 3. The topological polar surface area (TPSA) is 96.7 Å². The minimum atomic E-state index is -0.398. The van der Waals surface area contributed by atoms with Crippen molar-refractivity contribution in [1.29, 1.82) is 0 Å². The standard InChI is InChI=1S/C20H23N5OS/c21-13-17-23-18(25-24-17)14-6-8-15(9-7-14)22-19(26)20(10-2-1-3-11-20)16-5-4-12-27-16/h4-9,12H,1-3,10-11,13,21H2,(H,22,26)(H,23,24,25). The average Bonchev–Trinajstić information content (AvgIpc) is 3.41. The molecule has 1 aromatic carbocycles. The molecular formula is C20H23N5OS. The number of amides is 1. The highest BCUT2D eigenvalue weighted by molar-refractivity contribution is 7.10. The number of aromatic amines is 1. The third-order valence-electron chi connectivity index (χ3n) is 5.26. The Morgan fingerprint density at radius 2 is 1.96 bits per heavy atom. The van der Waals surface area contributed by atoms with E-state index >= 15 is 0 Å². The molecule has 2 heterocycles. The number of nitrogens with zero attached hydrogens (tertiary/aromatic N) is 2. The molecule has 3 aromatic rings. The molecule has 0 spiro atoms. The molecule has 2 aromatic heterocycles. The molecule has 0 radical (unpaired) electrons. The van der Waals surface area contributed by atoms with Crippen molar-refractivity contribution in [2.45, 2.75) is 44.1 Å². The smallest absolute Gasteiger partial charge is 0.235 e. The number of hydrogen-bond acceptors (Lipinski definition) is 5. The number of carbonyl (C=O) groups is 1. The van der Waals surface area contributed by atoms with Crippen LogP contribution in [0.4, 0.5) is 5.69 Å². The van der Waals surface area contributed by atoms with Crippen LogP contribution in [-0.4, -0.2) is 21.1 Å². The van der Waals surface area contributed by atoms with Gasteiger partial charge in [-0.05, 0) is 48.6 Å². The number of H-pyrrole nitrogens is 1. The van der Waals surface area contributed by atoms with Gasteiger partial charge in [-0.25, -0.2) is 4.98 Å². The number of rotatable bonds is 5. The molecule has 27 heavy (non-hydrogen) atoms. The fourth-order valence-corrected chi connectivity index (χ4v) is 4.74. The Balaban J connectivity index is 1.53. The molecule has 0 bridgehead atoms. The molecule has 1 fully saturated rings. The zero-order chi connectivity index (χ0) is 18.7. The van der Waals surface area contributed by atoms with E-state index in [1.807, 2.05) is 30.3 Å². The largest absolute Gasteiger partial charge is 0.325 e. The Bertz CT molecular complexity index is 895. The van der Waals surface area contributed by atoms with Crippen molar-refractivity contribution in [3.05, 3.63) is 52.5 Å². The van der Waals surface area contributed by atoms with Crippen molar-refractivity contribution in [2.24, 2.45) is 5.73 Å². The molecule has 6 nitrogen and oxygen atoms in total. The maximum absolute atomic E-state index is 13.2. The predicted octanol–water partition coefficient (Wildman–Crippen LogP) is 3.83. The van der Waals surface area contributed by atoms with Gasteiger partial charge in [0, 0.05) is 16.1 Å². The molecule has 1 aliphatic rings. The quantitative estimate of drug-likeness (QED) is 0.626. The van der Waals surface area contributed by atoms with E-state index < -0.39 is 5.41 Å². The molecule has 4 N–H and O–H groups in total. The van der Waals surface area contributed by atoms with Gasteiger partial charge in [-0.1, -0.05) is 25.3 Å². The molecule has 1 amide bonds. The highest BCUT2D eigenvalue weighted by Crippen LogP contribution is 2.42. The minimum Gasteiger partial charge on any atom is -0.325 e. The van der Waals surface area contributed by atoms with E-state index in [0.717, 1.165) is 36.9 Å². The van der Waals surface area contributed by atoms with E-state index in [1.54, 1.807) is 11.3 Å². The van der Waals surface area contributed by atoms with Gasteiger partial charge in [0.05, 0.1) is 12.0 Å². The molecule has 0 aliphatic heterocycles. The lowest BCUT2D eigenvalue weighted by molar-refractivity contribution is -0.122. The summed E-state index contributed by atoms with van der Waals surface area (Å²) < 4.78 is 0. The van der Waals surface area contributed by atoms with Crippen LogP contribution < -0.4 is 11.1 Å². The first-order valence-corrected chi connectivity index (χ1v) is 10.2. The molecule has 4 rings (SSSR count). The molecular weight excluding hydrogens is 358 g/mol. The van der Waals surface area contributed by atoms with E-state index in [0.29, 0.717) is 18.2 Å². The number of carbonyl (C=O) groups excluding carboxylic acids is 1. The number of nitrogens with two attached hydrogens (primary N) is 1. The molecule has 0 saturated heterocycles. The van der Waals surface area contributed by atoms with Gasteiger partial charge in [0.2, 0.25) is 5.91 Å². The van der Waals surface area contributed by atoms with Gasteiger partial charge in [0.15, 0.2) is 5.82 Å². The molecule has 7 heteroatoms. The monoisotopic (exact) mass is 381 g/mol. The Morgan fingerprint density at radius 1 is 1.19 bits per heavy atom. The second kappa shape index (κ2) is 7.62. The first-order chi connectivity index (χ1) is 13.2. The van der Waals surface area contributed by atoms with Crippen molar-refractivity contribution in [3.63, 3.8) is 0 Å². The highest BCUT2D eigenvalue weighted by atomic mass is 32.1. The van der Waals surface area contributed by atoms with Gasteiger partial charge in [-0.3, -0.25) is 9.89 Å². The van der Waals surface area contributed by atoms with Crippen LogP contribution >= 0.6 is 11.3 Å². The summed E-state index contributed by atoms with van der Waals surface area (Å²) in [4.78, 5) is 18.7. The van der Waals surface area contributed by atoms with Gasteiger partial charge in [0.25, 0.3) is 0 Å². The Kier molecular flexibility index (Phi) is 5.05. The Morgan fingerprint density at radius 3 is 2.59 bits per heavy atom. The van der Waals surface area contributed by atoms with Crippen molar-refractivity contribution in [2.75, 3.05) is 5.32 Å². The van der Waals surface area contributed by atoms with E-state index in [2.05, 4.69) is 31.9 Å². The average molecular weight is 382 g/mol. The number of nitrogens with one attached hydrogen (secondary N) is 2. The first-order valence-electron chi connectivity index (χ1n) is 9.28. The van der Waals surface area contributed by atoms with Crippen molar-refractivity contribution in [1.82, 2.24) is 15.2 Å². The number of hydrogen-bond donors (Lipinski definition) is 3. The van der Waals surface area contributed by atoms with Crippen LogP contribution in [0.1, 0.15) is 42.8 Å². The number of benzene rings is 1. The Hall–Kier alpha value is -2.51. The summed E-state index contributed by atoms with van der Waals surface area (Å²) in [7, 11) is 0. The van der Waals surface area contributed by atoms with E-state index in [-0.39, 0.29) is 5.91 Å². The molecule has 1 saturated carbocycles. The summed E-state index contributed by atoms with van der Waals surface area (Å²) >= 11 is 1.68. The lowest BCUT2D eigenvalue weighted by Gasteiger charge is -2.35. The van der Waals surface area contributed by atoms with Crippen LogP contribution in [-0.2, 0) is 16.8 Å². The van der Waals surface area contributed by atoms with Gasteiger partial charge in [0.1, 0.15) is 5.82 Å². The summed E-state index contributed by atoms with van der Waals surface area (Å²) in [6.45, 7) is 0.325. The second-order valence-electron chi connectivity index (χ2n) is 6.96. The molecule has 0 unspecified atom stereocenters. The van der Waals surface area contributed by atoms with Crippen LogP contribution in [0, 0.1) is 0 Å². The summed E-state index contributed by atoms with van der Waals surface area (Å²) in [5, 5.41) is 12.2. The zero-order valence-corrected chi connectivity index (χ0v) is 15.9. The third kappa shape index (κ3) is 3.52. The second-order valence-corrected chi connectivity index (χ2v) is 7.91. The predicted molar refractivity (Wildman–Crippen MR) is 107 cm³/mol. The number of anilines is 1. The van der Waals surface area contributed by atoms with Gasteiger partial charge < -0.3 is 11.1 Å². The van der Waals surface area contributed by atoms with Crippen LogP contribution in [0.5, 0.6) is 0 Å². The normalized spacial score (nSPS) is 16.2. The number of thiophene rings is 1. The van der Waals surface area contributed by atoms with E-state index in [9.17, 15) is 4.79 Å². The zero-order valence-electron chi connectivity index (χ0n) is 15.1. The molecule has 1 aliphatic carbocycles. The Labute approximate surface area is 162 Å². The third-order valence-corrected chi connectivity index (χ3v) is 6.33. The fraction of sp³-hybridized carbons (Fsp3) is 0.350. The van der Waals surface area contributed by atoms with Crippen LogP contribution in [0.15, 0.2) is 41.8 Å². The van der Waals surface area contributed by atoms with Gasteiger partial charge in [-0.15, -0.1) is 11.3 Å². The maximum Gasteiger partial charge on any atom is 0.235 e. The first kappa shape index (κ1) is 17.9. The van der Waals surface area contributed by atoms with E-state index in [1.165, 1.54) is 11.3 Å². The maximum atomic E-state index is 13.2. The van der Waals surface area contributed by atoms with Gasteiger partial charge >= 0.3 is 0 Å². The highest BCUT2D eigenvalue weighted by Gasteiger charge is 2.41. The fourth-order valence-electron chi connectivity index (χ4n) is 3.76. The minimum absolute atomic E-state index is 0.0979. The lowest BCUT2D eigenvalue weighted by Crippen LogP contribution is -2.41. The van der Waals surface area contributed by atoms with E-state index in [4.69, 9.17) is 5.73 Å². The van der Waals surface area contributed by atoms with Crippen molar-refractivity contribution >= 4 is 22.9 Å². The molecule has 140 valence electrons. The van der Waals surface area contributed by atoms with Crippen molar-refractivity contribution in [3.8, 4) is 11.4 Å². The van der Waals surface area contributed by atoms with Crippen LogP contribution in [0.3, 0.4) is 0 Å². The van der Waals surface area contributed by atoms with Crippen molar-refractivity contribution < 1.29 is 4.79 Å². The van der Waals surface area contributed by atoms with Crippen LogP contribution in [0.2, 0.25) is 0 Å². The summed E-state index contributed by atoms with van der Waals surface area (Å²) in [6.07, 6.45) is 5.22. The summed E-state index contributed by atoms with van der Waals surface area (Å²) in [5.41, 5.74) is 6.84. The lowest BCUT2D eigenvalue weighted by atomic mass is 9.72. The van der Waals surface area contributed by atoms with Crippen LogP contribution in [0.25, 0.3) is 11.4 Å². The summed E-state index contributed by atoms with van der Waals surface area (Å²) in [6, 6.07) is 11.8. The SMILES string of the molecule is NCc1nc(-c2ccc(NC(=O)C3(c4cccs4)CCCCC3)cc2)n[nH]1. The summed E-state index contributed by atoms with van der Waals surface area (Å²) in [5.74, 6) is 1.36.